The molecular formula is C35H43BrN2O4S. The van der Waals surface area contributed by atoms with Crippen LogP contribution in [0, 0.1) is 13.8 Å². The Morgan fingerprint density at radius 2 is 1.47 bits per heavy atom. The van der Waals surface area contributed by atoms with Gasteiger partial charge in [0.15, 0.2) is 11.5 Å². The Labute approximate surface area is 267 Å². The highest BCUT2D eigenvalue weighted by Crippen LogP contribution is 2.33. The lowest BCUT2D eigenvalue weighted by molar-refractivity contribution is -0.938. The van der Waals surface area contributed by atoms with E-state index in [1.165, 1.54) is 16.7 Å². The molecule has 6 nitrogen and oxygen atoms in total. The van der Waals surface area contributed by atoms with Crippen LogP contribution in [0.25, 0.3) is 10.8 Å². The predicted octanol–water partition coefficient (Wildman–Crippen LogP) is 4.22. The van der Waals surface area contributed by atoms with E-state index in [0.29, 0.717) is 22.9 Å². The summed E-state index contributed by atoms with van der Waals surface area (Å²) in [5.74, 6) is 1.36. The quantitative estimate of drug-likeness (QED) is 0.159. The summed E-state index contributed by atoms with van der Waals surface area (Å²) >= 11 is 0. The van der Waals surface area contributed by atoms with Gasteiger partial charge in [0.2, 0.25) is 16.8 Å². The van der Waals surface area contributed by atoms with Gasteiger partial charge in [0, 0.05) is 18.7 Å². The average Bonchev–Trinajstić information content (AvgIpc) is 3.45. The van der Waals surface area contributed by atoms with E-state index in [0.717, 1.165) is 59.8 Å². The van der Waals surface area contributed by atoms with Crippen LogP contribution in [-0.4, -0.2) is 50.2 Å². The molecule has 4 aromatic carbocycles. The minimum absolute atomic E-state index is 0. The Morgan fingerprint density at radius 3 is 2.19 bits per heavy atom. The maximum Gasteiger partial charge on any atom is 0.243 e. The number of halogens is 1. The van der Waals surface area contributed by atoms with Crippen molar-refractivity contribution in [3.63, 3.8) is 0 Å². The van der Waals surface area contributed by atoms with E-state index in [4.69, 9.17) is 9.47 Å². The highest BCUT2D eigenvalue weighted by atomic mass is 79.9. The van der Waals surface area contributed by atoms with Crippen molar-refractivity contribution in [2.24, 2.45) is 0 Å². The van der Waals surface area contributed by atoms with Crippen LogP contribution in [0.15, 0.2) is 83.8 Å². The summed E-state index contributed by atoms with van der Waals surface area (Å²) in [4.78, 5) is 0.323. The number of hydrogen-bond acceptors (Lipinski definition) is 4. The molecule has 0 aliphatic carbocycles. The van der Waals surface area contributed by atoms with Gasteiger partial charge in [0.05, 0.1) is 24.5 Å². The monoisotopic (exact) mass is 666 g/mol. The first kappa shape index (κ1) is 33.0. The predicted molar refractivity (Wildman–Crippen MR) is 169 cm³/mol. The number of fused-ring (bicyclic) bond motifs is 2. The second kappa shape index (κ2) is 14.2. The molecule has 0 aromatic heterocycles. The van der Waals surface area contributed by atoms with E-state index in [1.54, 1.807) is 16.4 Å². The number of unbranched alkanes of at least 4 members (excludes halogenated alkanes) is 1. The number of rotatable bonds is 13. The van der Waals surface area contributed by atoms with Crippen LogP contribution in [0.2, 0.25) is 0 Å². The molecule has 0 saturated carbocycles. The lowest BCUT2D eigenvalue weighted by atomic mass is 10.1. The van der Waals surface area contributed by atoms with Gasteiger partial charge in [0.25, 0.3) is 0 Å². The number of nitrogens with zero attached hydrogens (tertiary/aromatic N) is 2. The first-order chi connectivity index (χ1) is 20.2. The van der Waals surface area contributed by atoms with Gasteiger partial charge in [-0.3, -0.25) is 0 Å². The zero-order chi connectivity index (χ0) is 29.7. The molecule has 1 aliphatic rings. The number of sulfonamides is 1. The van der Waals surface area contributed by atoms with Crippen LogP contribution in [0.5, 0.6) is 11.5 Å². The number of quaternary nitrogens is 1. The molecule has 1 heterocycles. The van der Waals surface area contributed by atoms with Crippen molar-refractivity contribution < 1.29 is 39.4 Å². The van der Waals surface area contributed by atoms with E-state index in [1.807, 2.05) is 48.5 Å². The number of ether oxygens (including phenoxy) is 2. The molecule has 4 aromatic rings. The van der Waals surface area contributed by atoms with Crippen LogP contribution < -0.4 is 26.5 Å². The second-order valence-corrected chi connectivity index (χ2v) is 13.5. The molecule has 230 valence electrons. The van der Waals surface area contributed by atoms with Crippen molar-refractivity contribution in [2.75, 3.05) is 33.0 Å². The zero-order valence-corrected chi connectivity index (χ0v) is 28.1. The van der Waals surface area contributed by atoms with Crippen LogP contribution in [0.1, 0.15) is 48.9 Å². The van der Waals surface area contributed by atoms with E-state index < -0.39 is 10.0 Å². The topological polar surface area (TPSA) is 55.8 Å². The van der Waals surface area contributed by atoms with Crippen LogP contribution in [-0.2, 0) is 23.1 Å². The van der Waals surface area contributed by atoms with Gasteiger partial charge in [-0.25, -0.2) is 8.42 Å². The molecule has 0 fully saturated rings. The molecule has 0 atom stereocenters. The van der Waals surface area contributed by atoms with Gasteiger partial charge in [-0.1, -0.05) is 65.7 Å². The van der Waals surface area contributed by atoms with Crippen molar-refractivity contribution >= 4 is 20.8 Å². The maximum atomic E-state index is 14.1. The molecule has 8 heteroatoms. The molecule has 0 radical (unpaired) electrons. The number of hydrogen-bond donors (Lipinski definition) is 0. The highest BCUT2D eigenvalue weighted by molar-refractivity contribution is 7.89. The maximum absolute atomic E-state index is 14.1. The summed E-state index contributed by atoms with van der Waals surface area (Å²) in [5, 5.41) is 1.94. The van der Waals surface area contributed by atoms with Gasteiger partial charge in [-0.2, -0.15) is 4.31 Å². The molecule has 0 N–H and O–H groups in total. The summed E-state index contributed by atoms with van der Waals surface area (Å²) in [5.41, 5.74) is 4.85. The summed E-state index contributed by atoms with van der Waals surface area (Å²) < 4.78 is 41.8. The van der Waals surface area contributed by atoms with Gasteiger partial charge >= 0.3 is 0 Å². The normalized spacial score (nSPS) is 13.0. The second-order valence-electron chi connectivity index (χ2n) is 11.6. The molecule has 0 amide bonds. The third-order valence-corrected chi connectivity index (χ3v) is 10.4. The average molecular weight is 668 g/mol. The van der Waals surface area contributed by atoms with Gasteiger partial charge in [-0.05, 0) is 81.1 Å². The van der Waals surface area contributed by atoms with Gasteiger partial charge < -0.3 is 30.9 Å². The molecule has 43 heavy (non-hydrogen) atoms. The lowest BCUT2D eigenvalue weighted by Crippen LogP contribution is -3.00. The van der Waals surface area contributed by atoms with Crippen molar-refractivity contribution in [1.29, 1.82) is 0 Å². The fourth-order valence-electron chi connectivity index (χ4n) is 6.13. The smallest absolute Gasteiger partial charge is 0.243 e. The molecule has 0 spiro atoms. The summed E-state index contributed by atoms with van der Waals surface area (Å²) in [6, 6.07) is 25.8. The molecular weight excluding hydrogens is 624 g/mol. The van der Waals surface area contributed by atoms with Gasteiger partial charge in [0.1, 0.15) is 6.54 Å². The van der Waals surface area contributed by atoms with Crippen molar-refractivity contribution in [2.45, 2.75) is 58.5 Å². The van der Waals surface area contributed by atoms with E-state index >= 15 is 0 Å². The molecule has 0 unspecified atom stereocenters. The first-order valence-electron chi connectivity index (χ1n) is 15.0. The Balaban J connectivity index is 0.00000423. The van der Waals surface area contributed by atoms with Crippen molar-refractivity contribution in [1.82, 2.24) is 4.31 Å². The number of benzene rings is 4. The molecule has 0 saturated heterocycles. The fraction of sp³-hybridized carbons (Fsp3) is 0.371. The Hall–Kier alpha value is -2.91. The SMILES string of the molecule is CC[N+](CC)(CCCCN(Cc1ccc2c(c1)OCO2)S(=O)(=O)c1ccc2ccccc2c1)Cc1cc(C)cc(C)c1.[Br-]. The van der Waals surface area contributed by atoms with Crippen LogP contribution >= 0.6 is 0 Å². The van der Waals surface area contributed by atoms with E-state index in [-0.39, 0.29) is 30.3 Å². The van der Waals surface area contributed by atoms with Crippen LogP contribution in [0.3, 0.4) is 0 Å². The van der Waals surface area contributed by atoms with Crippen molar-refractivity contribution in [3.8, 4) is 11.5 Å². The standard InChI is InChI=1S/C35H43N2O4S.BrH/c1-5-37(6-2,25-30-20-27(3)19-28(4)21-30)18-10-9-17-36(24-29-13-16-34-35(22-29)41-26-40-34)42(38,39)33-15-14-31-11-7-8-12-32(31)23-33;/h7-8,11-16,19-23H,5-6,9-10,17-18,24-26H2,1-4H3;1H/q+1;/p-1. The van der Waals surface area contributed by atoms with Gasteiger partial charge in [-0.15, -0.1) is 0 Å². The lowest BCUT2D eigenvalue weighted by Gasteiger charge is -2.37. The Bertz CT molecular complexity index is 1630. The third kappa shape index (κ3) is 7.79. The van der Waals surface area contributed by atoms with E-state index in [2.05, 4.69) is 45.9 Å². The first-order valence-corrected chi connectivity index (χ1v) is 16.4. The van der Waals surface area contributed by atoms with Crippen molar-refractivity contribution in [3.05, 3.63) is 101 Å². The summed E-state index contributed by atoms with van der Waals surface area (Å²) in [6.07, 6.45) is 1.72. The molecule has 1 aliphatic heterocycles. The zero-order valence-electron chi connectivity index (χ0n) is 25.7. The Kier molecular flexibility index (Phi) is 10.9. The summed E-state index contributed by atoms with van der Waals surface area (Å²) in [6.45, 7) is 13.8. The van der Waals surface area contributed by atoms with E-state index in [9.17, 15) is 8.42 Å². The minimum Gasteiger partial charge on any atom is -1.00 e. The largest absolute Gasteiger partial charge is 1.00 e. The number of aryl methyl sites for hydroxylation is 2. The highest BCUT2D eigenvalue weighted by Gasteiger charge is 2.28. The minimum atomic E-state index is -3.73. The van der Waals surface area contributed by atoms with Crippen LogP contribution in [0.4, 0.5) is 0 Å². The summed E-state index contributed by atoms with van der Waals surface area (Å²) in [7, 11) is -3.73. The Morgan fingerprint density at radius 1 is 0.767 bits per heavy atom. The molecule has 5 rings (SSSR count). The fourth-order valence-corrected chi connectivity index (χ4v) is 7.63. The third-order valence-electron chi connectivity index (χ3n) is 8.59. The molecule has 0 bridgehead atoms.